The summed E-state index contributed by atoms with van der Waals surface area (Å²) in [5.41, 5.74) is 4.79. The van der Waals surface area contributed by atoms with Crippen LogP contribution in [0, 0.1) is 11.8 Å². The van der Waals surface area contributed by atoms with E-state index in [4.69, 9.17) is 10.8 Å². The van der Waals surface area contributed by atoms with Crippen LogP contribution in [-0.4, -0.2) is 29.4 Å². The van der Waals surface area contributed by atoms with Gasteiger partial charge in [-0.25, -0.2) is 0 Å². The monoisotopic (exact) mass is 186 g/mol. The van der Waals surface area contributed by atoms with Gasteiger partial charge < -0.3 is 16.2 Å². The van der Waals surface area contributed by atoms with Crippen molar-refractivity contribution in [3.8, 4) is 0 Å². The predicted molar refractivity (Wildman–Crippen MR) is 41.4 cm³/mol. The minimum absolute atomic E-state index is 0.234. The maximum Gasteiger partial charge on any atom is 0.307 e. The number of nitrogens with one attached hydrogen (secondary N) is 1. The molecule has 0 aliphatic heterocycles. The molecule has 6 nitrogen and oxygen atoms in total. The summed E-state index contributed by atoms with van der Waals surface area (Å²) in [6, 6.07) is 0. The zero-order valence-corrected chi connectivity index (χ0v) is 6.82. The molecule has 0 aromatic heterocycles. The van der Waals surface area contributed by atoms with Crippen molar-refractivity contribution in [3.63, 3.8) is 0 Å². The second kappa shape index (κ2) is 3.42. The molecule has 0 saturated heterocycles. The summed E-state index contributed by atoms with van der Waals surface area (Å²) in [5.74, 6) is -3.10. The lowest BCUT2D eigenvalue weighted by atomic mass is 10.3. The summed E-state index contributed by atoms with van der Waals surface area (Å²) in [5, 5.41) is 10.7. The number of carboxylic acids is 1. The molecule has 0 radical (unpaired) electrons. The minimum Gasteiger partial charge on any atom is -0.481 e. The van der Waals surface area contributed by atoms with Crippen LogP contribution in [0.2, 0.25) is 0 Å². The van der Waals surface area contributed by atoms with Gasteiger partial charge in [0.15, 0.2) is 0 Å². The van der Waals surface area contributed by atoms with Gasteiger partial charge >= 0.3 is 5.97 Å². The van der Waals surface area contributed by atoms with Gasteiger partial charge in [-0.2, -0.15) is 0 Å². The Bertz CT molecular complexity index is 263. The lowest BCUT2D eigenvalue weighted by Crippen LogP contribution is -2.34. The third-order valence-electron chi connectivity index (χ3n) is 1.88. The number of rotatable bonds is 4. The number of aliphatic carboxylic acids is 1. The molecule has 13 heavy (non-hydrogen) atoms. The molecule has 1 saturated carbocycles. The minimum atomic E-state index is -0.973. The molecule has 0 bridgehead atoms. The SMILES string of the molecule is NC(=O)CNC(=O)C1CC1C(=O)O. The Morgan fingerprint density at radius 2 is 2.00 bits per heavy atom. The highest BCUT2D eigenvalue weighted by atomic mass is 16.4. The first-order chi connectivity index (χ1) is 6.02. The number of carbonyl (C=O) groups is 3. The van der Waals surface area contributed by atoms with Gasteiger partial charge in [-0.15, -0.1) is 0 Å². The van der Waals surface area contributed by atoms with Gasteiger partial charge in [-0.1, -0.05) is 0 Å². The third kappa shape index (κ3) is 2.43. The first-order valence-corrected chi connectivity index (χ1v) is 3.81. The standard InChI is InChI=1S/C7H10N2O4/c8-5(10)2-9-6(11)3-1-4(3)7(12)13/h3-4H,1-2H2,(H2,8,10)(H,9,11)(H,12,13). The molecular formula is C7H10N2O4. The molecule has 1 aliphatic rings. The highest BCUT2D eigenvalue weighted by Gasteiger charge is 2.48. The molecule has 0 spiro atoms. The number of carbonyl (C=O) groups excluding carboxylic acids is 2. The normalized spacial score (nSPS) is 24.9. The van der Waals surface area contributed by atoms with Crippen LogP contribution >= 0.6 is 0 Å². The summed E-state index contributed by atoms with van der Waals surface area (Å²) in [7, 11) is 0. The van der Waals surface area contributed by atoms with Crippen molar-refractivity contribution in [1.29, 1.82) is 0 Å². The van der Waals surface area contributed by atoms with Gasteiger partial charge in [0.05, 0.1) is 18.4 Å². The average molecular weight is 186 g/mol. The Balaban J connectivity index is 2.27. The fourth-order valence-corrected chi connectivity index (χ4v) is 1.06. The molecule has 6 heteroatoms. The van der Waals surface area contributed by atoms with Crippen LogP contribution in [0.4, 0.5) is 0 Å². The largest absolute Gasteiger partial charge is 0.481 e. The third-order valence-corrected chi connectivity index (χ3v) is 1.88. The van der Waals surface area contributed by atoms with Crippen LogP contribution in [0.15, 0.2) is 0 Å². The Kier molecular flexibility index (Phi) is 2.50. The number of nitrogens with two attached hydrogens (primary N) is 1. The van der Waals surface area contributed by atoms with E-state index in [9.17, 15) is 14.4 Å². The molecule has 2 amide bonds. The van der Waals surface area contributed by atoms with Crippen molar-refractivity contribution in [3.05, 3.63) is 0 Å². The first-order valence-electron chi connectivity index (χ1n) is 3.81. The Morgan fingerprint density at radius 1 is 1.38 bits per heavy atom. The van der Waals surface area contributed by atoms with Crippen LogP contribution in [0.3, 0.4) is 0 Å². The summed E-state index contributed by atoms with van der Waals surface area (Å²) >= 11 is 0. The van der Waals surface area contributed by atoms with Crippen molar-refractivity contribution in [2.24, 2.45) is 17.6 Å². The van der Waals surface area contributed by atoms with Crippen LogP contribution in [0.25, 0.3) is 0 Å². The lowest BCUT2D eigenvalue weighted by Gasteiger charge is -1.99. The fraction of sp³-hybridized carbons (Fsp3) is 0.571. The molecule has 4 N–H and O–H groups in total. The highest BCUT2D eigenvalue weighted by Crippen LogP contribution is 2.38. The number of primary amides is 1. The summed E-state index contributed by atoms with van der Waals surface area (Å²) < 4.78 is 0. The van der Waals surface area contributed by atoms with E-state index in [-0.39, 0.29) is 6.54 Å². The second-order valence-corrected chi connectivity index (χ2v) is 2.97. The van der Waals surface area contributed by atoms with Gasteiger partial charge in [0, 0.05) is 0 Å². The fourth-order valence-electron chi connectivity index (χ4n) is 1.06. The Hall–Kier alpha value is -1.59. The summed E-state index contributed by atoms with van der Waals surface area (Å²) in [4.78, 5) is 31.6. The van der Waals surface area contributed by atoms with Gasteiger partial charge in [0.2, 0.25) is 11.8 Å². The highest BCUT2D eigenvalue weighted by molar-refractivity contribution is 5.91. The zero-order chi connectivity index (χ0) is 10.0. The number of amides is 2. The second-order valence-electron chi connectivity index (χ2n) is 2.97. The molecular weight excluding hydrogens is 176 g/mol. The van der Waals surface area contributed by atoms with Crippen molar-refractivity contribution in [1.82, 2.24) is 5.32 Å². The Morgan fingerprint density at radius 3 is 2.38 bits per heavy atom. The predicted octanol–water partition coefficient (Wildman–Crippen LogP) is -1.69. The average Bonchev–Trinajstić information content (AvgIpc) is 2.78. The summed E-state index contributed by atoms with van der Waals surface area (Å²) in [6.07, 6.45) is 0.347. The van der Waals surface area contributed by atoms with E-state index in [0.717, 1.165) is 0 Å². The summed E-state index contributed by atoms with van der Waals surface area (Å²) in [6.45, 7) is -0.234. The van der Waals surface area contributed by atoms with Gasteiger partial charge in [-0.3, -0.25) is 14.4 Å². The maximum atomic E-state index is 11.0. The van der Waals surface area contributed by atoms with Crippen molar-refractivity contribution >= 4 is 17.8 Å². The van der Waals surface area contributed by atoms with Crippen LogP contribution in [0.5, 0.6) is 0 Å². The van der Waals surface area contributed by atoms with E-state index < -0.39 is 29.6 Å². The van der Waals surface area contributed by atoms with E-state index >= 15 is 0 Å². The molecule has 0 aromatic carbocycles. The van der Waals surface area contributed by atoms with Gasteiger partial charge in [0.25, 0.3) is 0 Å². The lowest BCUT2D eigenvalue weighted by molar-refractivity contribution is -0.140. The van der Waals surface area contributed by atoms with Crippen LogP contribution in [0.1, 0.15) is 6.42 Å². The van der Waals surface area contributed by atoms with E-state index in [1.807, 2.05) is 0 Å². The molecule has 2 atom stereocenters. The van der Waals surface area contributed by atoms with Crippen molar-refractivity contribution < 1.29 is 19.5 Å². The molecule has 0 aromatic rings. The smallest absolute Gasteiger partial charge is 0.307 e. The molecule has 1 fully saturated rings. The molecule has 1 aliphatic carbocycles. The molecule has 2 unspecified atom stereocenters. The number of carboxylic acid groups (broad SMARTS) is 1. The van der Waals surface area contributed by atoms with E-state index in [0.29, 0.717) is 6.42 Å². The molecule has 1 rings (SSSR count). The van der Waals surface area contributed by atoms with E-state index in [1.165, 1.54) is 0 Å². The number of hydrogen-bond donors (Lipinski definition) is 3. The van der Waals surface area contributed by atoms with Gasteiger partial charge in [-0.05, 0) is 6.42 Å². The van der Waals surface area contributed by atoms with Crippen LogP contribution in [-0.2, 0) is 14.4 Å². The first kappa shape index (κ1) is 9.50. The zero-order valence-electron chi connectivity index (χ0n) is 6.82. The number of hydrogen-bond acceptors (Lipinski definition) is 3. The van der Waals surface area contributed by atoms with Crippen LogP contribution < -0.4 is 11.1 Å². The molecule has 72 valence electrons. The quantitative estimate of drug-likeness (QED) is 0.486. The van der Waals surface area contributed by atoms with E-state index in [1.54, 1.807) is 0 Å². The topological polar surface area (TPSA) is 109 Å². The maximum absolute atomic E-state index is 11.0. The van der Waals surface area contributed by atoms with Crippen molar-refractivity contribution in [2.75, 3.05) is 6.54 Å². The van der Waals surface area contributed by atoms with Crippen molar-refractivity contribution in [2.45, 2.75) is 6.42 Å². The Labute approximate surface area is 74.1 Å². The molecule has 0 heterocycles. The van der Waals surface area contributed by atoms with Gasteiger partial charge in [0.1, 0.15) is 0 Å². The van der Waals surface area contributed by atoms with E-state index in [2.05, 4.69) is 5.32 Å².